The van der Waals surface area contributed by atoms with E-state index in [0.29, 0.717) is 27.8 Å². The maximum Gasteiger partial charge on any atom is 0.387 e. The smallest absolute Gasteiger partial charge is 0.387 e. The van der Waals surface area contributed by atoms with Crippen LogP contribution >= 0.6 is 23.2 Å². The monoisotopic (exact) mass is 441 g/mol. The van der Waals surface area contributed by atoms with Gasteiger partial charge in [0.05, 0.1) is 5.02 Å². The van der Waals surface area contributed by atoms with Crippen LogP contribution < -0.4 is 14.8 Å². The summed E-state index contributed by atoms with van der Waals surface area (Å²) < 4.78 is 39.9. The van der Waals surface area contributed by atoms with Gasteiger partial charge < -0.3 is 19.2 Å². The Labute approximate surface area is 175 Å². The Hall–Kier alpha value is -2.77. The highest BCUT2D eigenvalue weighted by Crippen LogP contribution is 2.32. The lowest BCUT2D eigenvalue weighted by Crippen LogP contribution is -2.12. The van der Waals surface area contributed by atoms with Crippen LogP contribution in [0.5, 0.6) is 11.5 Å². The second-order valence-corrected chi connectivity index (χ2v) is 6.70. The fourth-order valence-corrected chi connectivity index (χ4v) is 2.80. The number of carbonyl (C=O) groups is 1. The normalized spacial score (nSPS) is 10.8. The van der Waals surface area contributed by atoms with Crippen molar-refractivity contribution in [3.63, 3.8) is 0 Å². The quantitative estimate of drug-likeness (QED) is 0.465. The standard InChI is InChI=1S/C20H15Cl2F2NO4/c1-11-9-12(29-20(23)24)5-7-15(11)25-19(26)17-8-6-13(28-17)10-27-16-4-2-3-14(21)18(16)22/h2-9,20H,10H2,1H3,(H,25,26). The van der Waals surface area contributed by atoms with E-state index in [0.717, 1.165) is 0 Å². The fraction of sp³-hybridized carbons (Fsp3) is 0.150. The molecule has 0 unspecified atom stereocenters. The van der Waals surface area contributed by atoms with Crippen LogP contribution in [0.2, 0.25) is 10.0 Å². The molecule has 9 heteroatoms. The molecule has 1 aromatic heterocycles. The van der Waals surface area contributed by atoms with Crippen molar-refractivity contribution in [1.82, 2.24) is 0 Å². The highest BCUT2D eigenvalue weighted by Gasteiger charge is 2.14. The van der Waals surface area contributed by atoms with Gasteiger partial charge in [0.1, 0.15) is 28.9 Å². The van der Waals surface area contributed by atoms with Gasteiger partial charge in [0, 0.05) is 5.69 Å². The molecule has 0 aliphatic carbocycles. The van der Waals surface area contributed by atoms with E-state index in [1.807, 2.05) is 0 Å². The van der Waals surface area contributed by atoms with E-state index in [4.69, 9.17) is 32.4 Å². The van der Waals surface area contributed by atoms with Gasteiger partial charge >= 0.3 is 6.61 Å². The zero-order chi connectivity index (χ0) is 21.0. The average Bonchev–Trinajstić information content (AvgIpc) is 3.14. The van der Waals surface area contributed by atoms with Gasteiger partial charge in [0.2, 0.25) is 0 Å². The Kier molecular flexibility index (Phi) is 6.61. The lowest BCUT2D eigenvalue weighted by atomic mass is 10.2. The van der Waals surface area contributed by atoms with Crippen LogP contribution in [0.15, 0.2) is 52.9 Å². The number of hydrogen-bond donors (Lipinski definition) is 1. The van der Waals surface area contributed by atoms with E-state index in [2.05, 4.69) is 10.1 Å². The number of carbonyl (C=O) groups excluding carboxylic acids is 1. The Morgan fingerprint density at radius 1 is 1.17 bits per heavy atom. The van der Waals surface area contributed by atoms with E-state index in [1.54, 1.807) is 31.2 Å². The third kappa shape index (κ3) is 5.40. The Morgan fingerprint density at radius 2 is 1.97 bits per heavy atom. The maximum atomic E-state index is 12.4. The van der Waals surface area contributed by atoms with E-state index in [9.17, 15) is 13.6 Å². The van der Waals surface area contributed by atoms with Crippen LogP contribution in [0, 0.1) is 6.92 Å². The molecule has 3 aromatic rings. The number of ether oxygens (including phenoxy) is 2. The average molecular weight is 442 g/mol. The summed E-state index contributed by atoms with van der Waals surface area (Å²) in [5, 5.41) is 3.31. The number of alkyl halides is 2. The molecule has 5 nitrogen and oxygen atoms in total. The van der Waals surface area contributed by atoms with Crippen LogP contribution in [-0.4, -0.2) is 12.5 Å². The minimum atomic E-state index is -2.92. The van der Waals surface area contributed by atoms with Crippen LogP contribution in [0.1, 0.15) is 21.9 Å². The number of benzene rings is 2. The SMILES string of the molecule is Cc1cc(OC(F)F)ccc1NC(=O)c1ccc(COc2cccc(Cl)c2Cl)o1. The summed E-state index contributed by atoms with van der Waals surface area (Å²) in [5.41, 5.74) is 0.999. The molecule has 29 heavy (non-hydrogen) atoms. The molecule has 152 valence electrons. The molecule has 1 heterocycles. The zero-order valence-corrected chi connectivity index (χ0v) is 16.6. The summed E-state index contributed by atoms with van der Waals surface area (Å²) in [6.45, 7) is -1.21. The first-order valence-electron chi connectivity index (χ1n) is 8.36. The molecule has 0 aliphatic heterocycles. The van der Waals surface area contributed by atoms with E-state index in [1.165, 1.54) is 24.3 Å². The van der Waals surface area contributed by atoms with Gasteiger partial charge in [-0.2, -0.15) is 8.78 Å². The second kappa shape index (κ2) is 9.15. The van der Waals surface area contributed by atoms with E-state index >= 15 is 0 Å². The molecule has 0 bridgehead atoms. The first-order valence-corrected chi connectivity index (χ1v) is 9.11. The summed E-state index contributed by atoms with van der Waals surface area (Å²) in [6, 6.07) is 12.3. The number of halogens is 4. The van der Waals surface area contributed by atoms with E-state index < -0.39 is 12.5 Å². The molecule has 0 spiro atoms. The van der Waals surface area contributed by atoms with Crippen LogP contribution in [0.4, 0.5) is 14.5 Å². The van der Waals surface area contributed by atoms with Gasteiger partial charge in [-0.25, -0.2) is 0 Å². The number of hydrogen-bond acceptors (Lipinski definition) is 4. The molecule has 3 rings (SSSR count). The molecular weight excluding hydrogens is 427 g/mol. The zero-order valence-electron chi connectivity index (χ0n) is 15.0. The first kappa shape index (κ1) is 21.0. The summed E-state index contributed by atoms with van der Waals surface area (Å²) >= 11 is 12.0. The molecule has 1 amide bonds. The number of nitrogens with one attached hydrogen (secondary N) is 1. The van der Waals surface area contributed by atoms with Crippen LogP contribution in [0.3, 0.4) is 0 Å². The predicted molar refractivity (Wildman–Crippen MR) is 105 cm³/mol. The molecule has 0 fully saturated rings. The number of furan rings is 1. The molecule has 0 radical (unpaired) electrons. The summed E-state index contributed by atoms with van der Waals surface area (Å²) in [7, 11) is 0. The second-order valence-electron chi connectivity index (χ2n) is 5.92. The minimum absolute atomic E-state index is 0.00705. The first-order chi connectivity index (χ1) is 13.8. The predicted octanol–water partition coefficient (Wildman–Crippen LogP) is 6.33. The Balaban J connectivity index is 1.63. The number of aryl methyl sites for hydroxylation is 1. The summed E-state index contributed by atoms with van der Waals surface area (Å²) in [4.78, 5) is 12.4. The van der Waals surface area contributed by atoms with Gasteiger partial charge in [-0.15, -0.1) is 0 Å². The maximum absolute atomic E-state index is 12.4. The van der Waals surface area contributed by atoms with Gasteiger partial charge in [0.25, 0.3) is 5.91 Å². The van der Waals surface area contributed by atoms with Crippen molar-refractivity contribution in [2.24, 2.45) is 0 Å². The lowest BCUT2D eigenvalue weighted by molar-refractivity contribution is -0.0498. The molecule has 2 aromatic carbocycles. The third-order valence-corrected chi connectivity index (χ3v) is 4.64. The molecule has 0 atom stereocenters. The van der Waals surface area contributed by atoms with Crippen molar-refractivity contribution >= 4 is 34.8 Å². The third-order valence-electron chi connectivity index (χ3n) is 3.84. The Bertz CT molecular complexity index is 1020. The molecule has 0 aliphatic rings. The van der Waals surface area contributed by atoms with Gasteiger partial charge in [0.15, 0.2) is 5.76 Å². The Morgan fingerprint density at radius 3 is 2.69 bits per heavy atom. The van der Waals surface area contributed by atoms with Gasteiger partial charge in [-0.05, 0) is 55.0 Å². The minimum Gasteiger partial charge on any atom is -0.484 e. The van der Waals surface area contributed by atoms with Crippen molar-refractivity contribution in [2.45, 2.75) is 20.1 Å². The van der Waals surface area contributed by atoms with Crippen molar-refractivity contribution < 1.29 is 27.5 Å². The molecule has 0 saturated heterocycles. The molecule has 1 N–H and O–H groups in total. The lowest BCUT2D eigenvalue weighted by Gasteiger charge is -2.10. The fourth-order valence-electron chi connectivity index (χ4n) is 2.46. The van der Waals surface area contributed by atoms with E-state index in [-0.39, 0.29) is 23.1 Å². The summed E-state index contributed by atoms with van der Waals surface area (Å²) in [5.74, 6) is 0.371. The van der Waals surface area contributed by atoms with Gasteiger partial charge in [-0.3, -0.25) is 4.79 Å². The van der Waals surface area contributed by atoms with Crippen LogP contribution in [-0.2, 0) is 6.61 Å². The van der Waals surface area contributed by atoms with Crippen LogP contribution in [0.25, 0.3) is 0 Å². The number of amides is 1. The topological polar surface area (TPSA) is 60.7 Å². The van der Waals surface area contributed by atoms with Gasteiger partial charge in [-0.1, -0.05) is 29.3 Å². The molecule has 0 saturated carbocycles. The highest BCUT2D eigenvalue weighted by molar-refractivity contribution is 6.42. The van der Waals surface area contributed by atoms with Crippen molar-refractivity contribution in [2.75, 3.05) is 5.32 Å². The highest BCUT2D eigenvalue weighted by atomic mass is 35.5. The largest absolute Gasteiger partial charge is 0.484 e. The molecular formula is C20H15Cl2F2NO4. The van der Waals surface area contributed by atoms with Crippen molar-refractivity contribution in [3.8, 4) is 11.5 Å². The number of rotatable bonds is 7. The number of anilines is 1. The van der Waals surface area contributed by atoms with Crippen molar-refractivity contribution in [3.05, 3.63) is 75.7 Å². The summed E-state index contributed by atoms with van der Waals surface area (Å²) in [6.07, 6.45) is 0. The van der Waals surface area contributed by atoms with Crippen molar-refractivity contribution in [1.29, 1.82) is 0 Å².